The molecule has 1 atom stereocenters. The molecule has 2 aromatic rings. The Morgan fingerprint density at radius 1 is 1.09 bits per heavy atom. The molecule has 0 aliphatic heterocycles. The van der Waals surface area contributed by atoms with Crippen molar-refractivity contribution in [2.45, 2.75) is 18.5 Å². The van der Waals surface area contributed by atoms with Gasteiger partial charge in [0.15, 0.2) is 5.78 Å². The lowest BCUT2D eigenvalue weighted by Gasteiger charge is -2.12. The maximum Gasteiger partial charge on any atom is 0.416 e. The Hall–Kier alpha value is -2.61. The molecule has 0 bridgehead atoms. The van der Waals surface area contributed by atoms with Crippen LogP contribution in [0.4, 0.5) is 13.2 Å². The highest BCUT2D eigenvalue weighted by Crippen LogP contribution is 2.31. The topological polar surface area (TPSA) is 40.9 Å². The van der Waals surface area contributed by atoms with E-state index in [-0.39, 0.29) is 12.0 Å². The van der Waals surface area contributed by atoms with Crippen LogP contribution < -0.4 is 0 Å². The van der Waals surface area contributed by atoms with E-state index in [1.807, 2.05) is 0 Å². The van der Waals surface area contributed by atoms with Gasteiger partial charge in [0.1, 0.15) is 5.92 Å². The summed E-state index contributed by atoms with van der Waals surface area (Å²) in [5.41, 5.74) is -0.0734. The Bertz CT molecular complexity index is 702. The van der Waals surface area contributed by atoms with Crippen LogP contribution in [-0.2, 0) is 17.4 Å². The summed E-state index contributed by atoms with van der Waals surface area (Å²) in [5.74, 6) is -1.63. The Balaban J connectivity index is 2.25. The van der Waals surface area contributed by atoms with Crippen molar-refractivity contribution in [3.05, 3.63) is 71.3 Å². The maximum absolute atomic E-state index is 12.7. The molecule has 5 heteroatoms. The lowest BCUT2D eigenvalue weighted by Crippen LogP contribution is -2.15. The summed E-state index contributed by atoms with van der Waals surface area (Å²) < 4.78 is 38.1. The van der Waals surface area contributed by atoms with Crippen LogP contribution in [0.25, 0.3) is 0 Å². The first kappa shape index (κ1) is 15.8. The number of carbonyl (C=O) groups excluding carboxylic acids is 1. The number of alkyl halides is 3. The first-order valence-electron chi connectivity index (χ1n) is 6.55. The zero-order valence-corrected chi connectivity index (χ0v) is 11.5. The van der Waals surface area contributed by atoms with Crippen molar-refractivity contribution in [1.29, 1.82) is 5.26 Å². The minimum absolute atomic E-state index is 0.00924. The molecule has 0 saturated heterocycles. The number of Topliss-reactive ketones (excluding diaryl/α,β-unsaturated/α-hetero) is 1. The number of halogens is 3. The third-order valence-electron chi connectivity index (χ3n) is 3.22. The van der Waals surface area contributed by atoms with Crippen molar-refractivity contribution < 1.29 is 18.0 Å². The van der Waals surface area contributed by atoms with Crippen molar-refractivity contribution in [3.63, 3.8) is 0 Å². The van der Waals surface area contributed by atoms with Crippen LogP contribution in [0.2, 0.25) is 0 Å². The summed E-state index contributed by atoms with van der Waals surface area (Å²) in [6.07, 6.45) is -4.49. The molecule has 1 unspecified atom stereocenters. The van der Waals surface area contributed by atoms with Gasteiger partial charge < -0.3 is 0 Å². The van der Waals surface area contributed by atoms with Crippen molar-refractivity contribution >= 4 is 5.78 Å². The molecule has 0 radical (unpaired) electrons. The number of nitrogens with zero attached hydrogens (tertiary/aromatic N) is 1. The summed E-state index contributed by atoms with van der Waals surface area (Å²) in [7, 11) is 0. The zero-order chi connectivity index (χ0) is 16.2. The van der Waals surface area contributed by atoms with Gasteiger partial charge in [-0.05, 0) is 17.2 Å². The van der Waals surface area contributed by atoms with Gasteiger partial charge >= 0.3 is 6.18 Å². The van der Waals surface area contributed by atoms with E-state index in [0.717, 1.165) is 17.7 Å². The molecule has 0 saturated carbocycles. The molecule has 0 fully saturated rings. The fraction of sp³-hybridized carbons (Fsp3) is 0.176. The van der Waals surface area contributed by atoms with Gasteiger partial charge in [0.05, 0.1) is 11.6 Å². The fourth-order valence-corrected chi connectivity index (χ4v) is 2.13. The highest BCUT2D eigenvalue weighted by molar-refractivity contribution is 5.90. The summed E-state index contributed by atoms with van der Waals surface area (Å²) in [6, 6.07) is 14.9. The van der Waals surface area contributed by atoms with Crippen molar-refractivity contribution in [2.24, 2.45) is 0 Å². The number of nitriles is 1. The molecular formula is C17H12F3NO. The average Bonchev–Trinajstić information content (AvgIpc) is 2.48. The Labute approximate surface area is 125 Å². The molecule has 0 N–H and O–H groups in total. The highest BCUT2D eigenvalue weighted by Gasteiger charge is 2.31. The van der Waals surface area contributed by atoms with E-state index in [1.165, 1.54) is 12.1 Å². The molecule has 2 rings (SSSR count). The van der Waals surface area contributed by atoms with Gasteiger partial charge in [-0.2, -0.15) is 18.4 Å². The van der Waals surface area contributed by atoms with Crippen LogP contribution in [0.3, 0.4) is 0 Å². The molecule has 22 heavy (non-hydrogen) atoms. The number of rotatable bonds is 4. The van der Waals surface area contributed by atoms with E-state index in [2.05, 4.69) is 0 Å². The summed E-state index contributed by atoms with van der Waals surface area (Å²) in [5, 5.41) is 9.17. The standard InChI is InChI=1S/C17H12F3NO/c18-17(19,20)14-8-4-7-13(10-14)15(11-21)16(22)9-12-5-2-1-3-6-12/h1-8,10,15H,9H2. The van der Waals surface area contributed by atoms with Gasteiger partial charge in [0, 0.05) is 6.42 Å². The smallest absolute Gasteiger partial charge is 0.297 e. The fourth-order valence-electron chi connectivity index (χ4n) is 2.13. The summed E-state index contributed by atoms with van der Waals surface area (Å²) in [4.78, 5) is 12.2. The molecule has 2 aromatic carbocycles. The first-order chi connectivity index (χ1) is 10.4. The van der Waals surface area contributed by atoms with E-state index < -0.39 is 23.4 Å². The lowest BCUT2D eigenvalue weighted by molar-refractivity contribution is -0.137. The SMILES string of the molecule is N#CC(C(=O)Cc1ccccc1)c1cccc(C(F)(F)F)c1. The number of hydrogen-bond donors (Lipinski definition) is 0. The number of benzene rings is 2. The number of carbonyl (C=O) groups is 1. The van der Waals surface area contributed by atoms with Crippen LogP contribution in [0, 0.1) is 11.3 Å². The molecule has 0 heterocycles. The Kier molecular flexibility index (Phi) is 4.62. The second-order valence-electron chi connectivity index (χ2n) is 4.81. The second kappa shape index (κ2) is 6.44. The molecular weight excluding hydrogens is 291 g/mol. The quantitative estimate of drug-likeness (QED) is 0.852. The predicted octanol–water partition coefficient (Wildman–Crippen LogP) is 4.12. The second-order valence-corrected chi connectivity index (χ2v) is 4.81. The van der Waals surface area contributed by atoms with Crippen LogP contribution in [0.1, 0.15) is 22.6 Å². The van der Waals surface area contributed by atoms with Crippen LogP contribution in [0.5, 0.6) is 0 Å². The maximum atomic E-state index is 12.7. The van der Waals surface area contributed by atoms with E-state index in [1.54, 1.807) is 36.4 Å². The van der Waals surface area contributed by atoms with E-state index >= 15 is 0 Å². The van der Waals surface area contributed by atoms with E-state index in [0.29, 0.717) is 0 Å². The monoisotopic (exact) mass is 303 g/mol. The number of ketones is 1. The van der Waals surface area contributed by atoms with Crippen molar-refractivity contribution in [2.75, 3.05) is 0 Å². The van der Waals surface area contributed by atoms with Crippen LogP contribution >= 0.6 is 0 Å². The highest BCUT2D eigenvalue weighted by atomic mass is 19.4. The van der Waals surface area contributed by atoms with Gasteiger partial charge in [0.25, 0.3) is 0 Å². The largest absolute Gasteiger partial charge is 0.416 e. The van der Waals surface area contributed by atoms with Crippen LogP contribution in [-0.4, -0.2) is 5.78 Å². The Morgan fingerprint density at radius 3 is 2.36 bits per heavy atom. The van der Waals surface area contributed by atoms with Gasteiger partial charge in [-0.1, -0.05) is 48.5 Å². The first-order valence-corrected chi connectivity index (χ1v) is 6.55. The van der Waals surface area contributed by atoms with Crippen molar-refractivity contribution in [3.8, 4) is 6.07 Å². The molecule has 0 aliphatic carbocycles. The van der Waals surface area contributed by atoms with E-state index in [9.17, 15) is 18.0 Å². The molecule has 0 aromatic heterocycles. The minimum Gasteiger partial charge on any atom is -0.297 e. The van der Waals surface area contributed by atoms with Gasteiger partial charge in [-0.15, -0.1) is 0 Å². The molecule has 0 amide bonds. The zero-order valence-electron chi connectivity index (χ0n) is 11.5. The Morgan fingerprint density at radius 2 is 1.77 bits per heavy atom. The predicted molar refractivity (Wildman–Crippen MR) is 75.0 cm³/mol. The molecule has 0 spiro atoms. The van der Waals surface area contributed by atoms with Crippen molar-refractivity contribution in [1.82, 2.24) is 0 Å². The minimum atomic E-state index is -4.50. The molecule has 2 nitrogen and oxygen atoms in total. The summed E-state index contributed by atoms with van der Waals surface area (Å²) >= 11 is 0. The van der Waals surface area contributed by atoms with Gasteiger partial charge in [-0.25, -0.2) is 0 Å². The van der Waals surface area contributed by atoms with Crippen LogP contribution in [0.15, 0.2) is 54.6 Å². The normalized spacial score (nSPS) is 12.5. The summed E-state index contributed by atoms with van der Waals surface area (Å²) in [6.45, 7) is 0. The number of hydrogen-bond acceptors (Lipinski definition) is 2. The lowest BCUT2D eigenvalue weighted by atomic mass is 9.91. The third kappa shape index (κ3) is 3.73. The molecule has 112 valence electrons. The average molecular weight is 303 g/mol. The van der Waals surface area contributed by atoms with E-state index in [4.69, 9.17) is 5.26 Å². The van der Waals surface area contributed by atoms with Gasteiger partial charge in [0.2, 0.25) is 0 Å². The van der Waals surface area contributed by atoms with Gasteiger partial charge in [-0.3, -0.25) is 4.79 Å². The molecule has 0 aliphatic rings. The third-order valence-corrected chi connectivity index (χ3v) is 3.22.